The van der Waals surface area contributed by atoms with Crippen molar-refractivity contribution in [3.63, 3.8) is 0 Å². The molecule has 2 aromatic rings. The second kappa shape index (κ2) is 3.67. The normalized spacial score (nSPS) is 10.2. The van der Waals surface area contributed by atoms with Crippen LogP contribution in [0.3, 0.4) is 0 Å². The zero-order valence-corrected chi connectivity index (χ0v) is 8.05. The molecule has 2 N–H and O–H groups in total. The first-order valence-electron chi connectivity index (χ1n) is 3.36. The average molecular weight is 211 g/mol. The molecule has 0 radical (unpaired) electrons. The van der Waals surface area contributed by atoms with Crippen LogP contribution < -0.4 is 5.73 Å². The van der Waals surface area contributed by atoms with Gasteiger partial charge in [0, 0.05) is 0 Å². The summed E-state index contributed by atoms with van der Waals surface area (Å²) in [4.78, 5) is 12.0. The average Bonchev–Trinajstić information content (AvgIpc) is 2.62. The van der Waals surface area contributed by atoms with Gasteiger partial charge in [-0.1, -0.05) is 0 Å². The Hall–Kier alpha value is -1.21. The minimum Gasteiger partial charge on any atom is -0.396 e. The number of hydrogen-bond acceptors (Lipinski definition) is 7. The summed E-state index contributed by atoms with van der Waals surface area (Å²) in [5.74, 6) is 0. The molecule has 13 heavy (non-hydrogen) atoms. The van der Waals surface area contributed by atoms with Crippen LogP contribution in [0.4, 0.5) is 5.69 Å². The number of nitrogens with two attached hydrogens (primary N) is 1. The number of anilines is 1. The minimum atomic E-state index is 0.557. The van der Waals surface area contributed by atoms with Gasteiger partial charge in [0.1, 0.15) is 6.33 Å². The molecule has 0 aliphatic carbocycles. The van der Waals surface area contributed by atoms with Crippen molar-refractivity contribution in [2.24, 2.45) is 0 Å². The highest BCUT2D eigenvalue weighted by molar-refractivity contribution is 8.00. The van der Waals surface area contributed by atoms with E-state index in [0.29, 0.717) is 10.8 Å². The van der Waals surface area contributed by atoms with Crippen molar-refractivity contribution in [1.82, 2.24) is 19.3 Å². The molecule has 0 saturated heterocycles. The summed E-state index contributed by atoms with van der Waals surface area (Å²) in [6.07, 6.45) is 4.64. The highest BCUT2D eigenvalue weighted by atomic mass is 32.2. The summed E-state index contributed by atoms with van der Waals surface area (Å²) in [7, 11) is 0. The predicted molar refractivity (Wildman–Crippen MR) is 50.5 cm³/mol. The van der Waals surface area contributed by atoms with E-state index in [0.717, 1.165) is 4.34 Å². The van der Waals surface area contributed by atoms with Crippen molar-refractivity contribution in [2.75, 3.05) is 5.73 Å². The number of rotatable bonds is 2. The van der Waals surface area contributed by atoms with Crippen LogP contribution in [0.15, 0.2) is 28.2 Å². The monoisotopic (exact) mass is 211 g/mol. The molecule has 0 unspecified atom stereocenters. The molecule has 0 aliphatic heterocycles. The van der Waals surface area contributed by atoms with E-state index >= 15 is 0 Å². The van der Waals surface area contributed by atoms with Gasteiger partial charge in [0.15, 0.2) is 9.50 Å². The Morgan fingerprint density at radius 3 is 2.62 bits per heavy atom. The van der Waals surface area contributed by atoms with Gasteiger partial charge in [-0.3, -0.25) is 0 Å². The van der Waals surface area contributed by atoms with Crippen molar-refractivity contribution >= 4 is 29.0 Å². The lowest BCUT2D eigenvalue weighted by molar-refractivity contribution is 0.969. The smallest absolute Gasteiger partial charge is 0.194 e. The Morgan fingerprint density at radius 2 is 2.00 bits per heavy atom. The zero-order valence-electron chi connectivity index (χ0n) is 6.41. The number of nitrogens with zero attached hydrogens (tertiary/aromatic N) is 4. The maximum absolute atomic E-state index is 5.44. The molecule has 2 rings (SSSR count). The third-order valence-corrected chi connectivity index (χ3v) is 2.78. The Kier molecular flexibility index (Phi) is 2.37. The fourth-order valence-electron chi connectivity index (χ4n) is 0.665. The third kappa shape index (κ3) is 2.13. The number of nitrogen functional groups attached to an aromatic ring is 1. The van der Waals surface area contributed by atoms with Gasteiger partial charge < -0.3 is 5.73 Å². The fourth-order valence-corrected chi connectivity index (χ4v) is 1.91. The fraction of sp³-hybridized carbons (Fsp3) is 0. The highest BCUT2D eigenvalue weighted by Gasteiger charge is 2.02. The molecule has 5 nitrogen and oxygen atoms in total. The molecule has 2 heterocycles. The molecular weight excluding hydrogens is 206 g/mol. The second-order valence-electron chi connectivity index (χ2n) is 2.11. The van der Waals surface area contributed by atoms with Gasteiger partial charge in [0.05, 0.1) is 18.1 Å². The van der Waals surface area contributed by atoms with E-state index in [1.165, 1.54) is 29.6 Å². The molecule has 7 heteroatoms. The molecule has 0 spiro atoms. The lowest BCUT2D eigenvalue weighted by Crippen LogP contribution is -1.90. The largest absolute Gasteiger partial charge is 0.396 e. The van der Waals surface area contributed by atoms with Gasteiger partial charge in [-0.25, -0.2) is 15.0 Å². The van der Waals surface area contributed by atoms with Gasteiger partial charge in [0.2, 0.25) is 0 Å². The van der Waals surface area contributed by atoms with Gasteiger partial charge in [0.25, 0.3) is 0 Å². The van der Waals surface area contributed by atoms with Crippen LogP contribution >= 0.6 is 23.3 Å². The molecule has 2 aromatic heterocycles. The maximum atomic E-state index is 5.44. The van der Waals surface area contributed by atoms with Crippen molar-refractivity contribution in [2.45, 2.75) is 9.50 Å². The van der Waals surface area contributed by atoms with Crippen LogP contribution in [0.1, 0.15) is 0 Å². The first-order valence-corrected chi connectivity index (χ1v) is 4.95. The quantitative estimate of drug-likeness (QED) is 0.748. The molecule has 0 fully saturated rings. The van der Waals surface area contributed by atoms with Crippen LogP contribution in [0.5, 0.6) is 0 Å². The summed E-state index contributed by atoms with van der Waals surface area (Å²) in [6, 6.07) is 0. The van der Waals surface area contributed by atoms with Crippen LogP contribution in [0.2, 0.25) is 0 Å². The van der Waals surface area contributed by atoms with Crippen molar-refractivity contribution in [3.8, 4) is 0 Å². The third-order valence-electron chi connectivity index (χ3n) is 1.17. The Balaban J connectivity index is 2.15. The lowest BCUT2D eigenvalue weighted by Gasteiger charge is -1.94. The van der Waals surface area contributed by atoms with Gasteiger partial charge in [-0.05, 0) is 23.3 Å². The Morgan fingerprint density at radius 1 is 1.23 bits per heavy atom. The summed E-state index contributed by atoms with van der Waals surface area (Å²) in [5.41, 5.74) is 6.00. The molecule has 0 bridgehead atoms. The first-order chi connectivity index (χ1) is 6.34. The van der Waals surface area contributed by atoms with Gasteiger partial charge in [-0.15, -0.1) is 0 Å². The lowest BCUT2D eigenvalue weighted by atomic mass is 10.6. The number of aromatic nitrogens is 4. The topological polar surface area (TPSA) is 77.6 Å². The van der Waals surface area contributed by atoms with E-state index in [2.05, 4.69) is 19.3 Å². The van der Waals surface area contributed by atoms with E-state index in [1.54, 1.807) is 12.4 Å². The highest BCUT2D eigenvalue weighted by Crippen LogP contribution is 2.24. The summed E-state index contributed by atoms with van der Waals surface area (Å²) < 4.78 is 4.69. The van der Waals surface area contributed by atoms with E-state index in [-0.39, 0.29) is 0 Å². The SMILES string of the molecule is Nc1cnc(Sc2ncns2)nc1. The Labute approximate surface area is 82.6 Å². The standard InChI is InChI=1S/C6H5N5S2/c7-4-1-8-5(9-2-4)12-6-10-3-11-13-6/h1-3H,7H2. The molecular formula is C6H5N5S2. The zero-order chi connectivity index (χ0) is 9.10. The Bertz CT molecular complexity index is 370. The van der Waals surface area contributed by atoms with E-state index in [4.69, 9.17) is 5.73 Å². The summed E-state index contributed by atoms with van der Waals surface area (Å²) in [6.45, 7) is 0. The van der Waals surface area contributed by atoms with Crippen LogP contribution in [-0.4, -0.2) is 19.3 Å². The van der Waals surface area contributed by atoms with Crippen molar-refractivity contribution in [1.29, 1.82) is 0 Å². The summed E-state index contributed by atoms with van der Waals surface area (Å²) >= 11 is 2.68. The number of hydrogen-bond donors (Lipinski definition) is 1. The first kappa shape index (κ1) is 8.39. The van der Waals surface area contributed by atoms with Crippen LogP contribution in [0.25, 0.3) is 0 Å². The maximum Gasteiger partial charge on any atom is 0.194 e. The molecule has 66 valence electrons. The van der Waals surface area contributed by atoms with E-state index < -0.39 is 0 Å². The summed E-state index contributed by atoms with van der Waals surface area (Å²) in [5, 5.41) is 0.631. The van der Waals surface area contributed by atoms with Gasteiger partial charge >= 0.3 is 0 Å². The van der Waals surface area contributed by atoms with Crippen molar-refractivity contribution in [3.05, 3.63) is 18.7 Å². The minimum absolute atomic E-state index is 0.557. The van der Waals surface area contributed by atoms with E-state index in [1.807, 2.05) is 0 Å². The predicted octanol–water partition coefficient (Wildman–Crippen LogP) is 1.06. The van der Waals surface area contributed by atoms with Crippen molar-refractivity contribution < 1.29 is 0 Å². The molecule has 0 atom stereocenters. The second-order valence-corrected chi connectivity index (χ2v) is 4.10. The van der Waals surface area contributed by atoms with Gasteiger partial charge in [-0.2, -0.15) is 4.37 Å². The molecule has 0 saturated carbocycles. The van der Waals surface area contributed by atoms with E-state index in [9.17, 15) is 0 Å². The molecule has 0 aliphatic rings. The molecule has 0 aromatic carbocycles. The molecule has 0 amide bonds. The van der Waals surface area contributed by atoms with Crippen LogP contribution in [0, 0.1) is 0 Å². The van der Waals surface area contributed by atoms with Crippen LogP contribution in [-0.2, 0) is 0 Å².